The Morgan fingerprint density at radius 3 is 2.59 bits per heavy atom. The lowest BCUT2D eigenvalue weighted by Crippen LogP contribution is -2.43. The number of carbonyl (C=O) groups excluding carboxylic acids is 1. The molecule has 1 aliphatic rings. The van der Waals surface area contributed by atoms with E-state index in [0.29, 0.717) is 0 Å². The van der Waals surface area contributed by atoms with Gasteiger partial charge in [-0.25, -0.2) is 0 Å². The van der Waals surface area contributed by atoms with E-state index in [2.05, 4.69) is 43.2 Å². The topological polar surface area (TPSA) is 44.4 Å². The molecule has 0 aliphatic carbocycles. The van der Waals surface area contributed by atoms with Crippen molar-refractivity contribution >= 4 is 5.91 Å². The van der Waals surface area contributed by atoms with Crippen LogP contribution >= 0.6 is 0 Å². The lowest BCUT2D eigenvalue weighted by molar-refractivity contribution is -0.129. The third kappa shape index (κ3) is 4.28. The Labute approximate surface area is 105 Å². The van der Waals surface area contributed by atoms with Crippen LogP contribution in [-0.4, -0.2) is 49.6 Å². The van der Waals surface area contributed by atoms with Crippen molar-refractivity contribution in [1.29, 1.82) is 0 Å². The minimum atomic E-state index is -0.198. The summed E-state index contributed by atoms with van der Waals surface area (Å²) < 4.78 is 0. The zero-order chi connectivity index (χ0) is 13.1. The molecule has 17 heavy (non-hydrogen) atoms. The Morgan fingerprint density at radius 2 is 2.06 bits per heavy atom. The minimum Gasteiger partial charge on any atom is -0.359 e. The summed E-state index contributed by atoms with van der Waals surface area (Å²) in [6.07, 6.45) is 0.961. The molecule has 1 fully saturated rings. The summed E-state index contributed by atoms with van der Waals surface area (Å²) in [4.78, 5) is 14.1. The summed E-state index contributed by atoms with van der Waals surface area (Å²) >= 11 is 0. The van der Waals surface area contributed by atoms with Crippen LogP contribution in [0, 0.1) is 5.41 Å². The summed E-state index contributed by atoms with van der Waals surface area (Å²) in [7, 11) is 1.72. The molecule has 0 saturated carbocycles. The fourth-order valence-corrected chi connectivity index (χ4v) is 2.32. The molecule has 0 bridgehead atoms. The molecule has 4 heteroatoms. The molecule has 1 unspecified atom stereocenters. The summed E-state index contributed by atoms with van der Waals surface area (Å²) in [5.41, 5.74) is -0.0275. The average Bonchev–Trinajstić information content (AvgIpc) is 2.59. The first-order chi connectivity index (χ1) is 7.77. The highest BCUT2D eigenvalue weighted by molar-refractivity contribution is 5.82. The minimum absolute atomic E-state index is 0.170. The molecular weight excluding hydrogens is 214 g/mol. The third-order valence-electron chi connectivity index (χ3n) is 3.41. The normalized spacial score (nSPS) is 26.2. The number of likely N-dealkylation sites (tertiary alicyclic amines) is 1. The van der Waals surface area contributed by atoms with Crippen LogP contribution in [0.3, 0.4) is 0 Å². The van der Waals surface area contributed by atoms with E-state index in [-0.39, 0.29) is 16.9 Å². The van der Waals surface area contributed by atoms with Crippen molar-refractivity contribution in [2.45, 2.75) is 39.7 Å². The van der Waals surface area contributed by atoms with E-state index in [1.54, 1.807) is 7.05 Å². The van der Waals surface area contributed by atoms with Crippen molar-refractivity contribution in [2.75, 3.05) is 33.2 Å². The first-order valence-corrected chi connectivity index (χ1v) is 6.46. The number of amides is 1. The number of carbonyl (C=O) groups is 1. The van der Waals surface area contributed by atoms with Crippen LogP contribution in [0.25, 0.3) is 0 Å². The van der Waals surface area contributed by atoms with Gasteiger partial charge in [-0.3, -0.25) is 4.79 Å². The molecule has 1 amide bonds. The highest BCUT2D eigenvalue weighted by atomic mass is 16.2. The Kier molecular flexibility index (Phi) is 4.55. The highest BCUT2D eigenvalue weighted by Crippen LogP contribution is 2.29. The van der Waals surface area contributed by atoms with Crippen molar-refractivity contribution in [2.24, 2.45) is 5.41 Å². The first kappa shape index (κ1) is 14.5. The van der Waals surface area contributed by atoms with Gasteiger partial charge in [0.1, 0.15) is 0 Å². The number of hydrogen-bond acceptors (Lipinski definition) is 3. The van der Waals surface area contributed by atoms with Crippen LogP contribution in [0.4, 0.5) is 0 Å². The quantitative estimate of drug-likeness (QED) is 0.766. The average molecular weight is 241 g/mol. The van der Waals surface area contributed by atoms with E-state index in [1.807, 2.05) is 0 Å². The molecule has 0 aromatic heterocycles. The largest absolute Gasteiger partial charge is 0.359 e. The zero-order valence-electron chi connectivity index (χ0n) is 11.9. The zero-order valence-corrected chi connectivity index (χ0v) is 11.9. The van der Waals surface area contributed by atoms with Gasteiger partial charge in [-0.1, -0.05) is 0 Å². The fourth-order valence-electron chi connectivity index (χ4n) is 2.32. The molecule has 100 valence electrons. The van der Waals surface area contributed by atoms with Crippen molar-refractivity contribution in [3.63, 3.8) is 0 Å². The maximum Gasteiger partial charge on any atom is 0.227 e. The van der Waals surface area contributed by atoms with E-state index < -0.39 is 0 Å². The van der Waals surface area contributed by atoms with Crippen LogP contribution in [-0.2, 0) is 4.79 Å². The monoisotopic (exact) mass is 241 g/mol. The van der Waals surface area contributed by atoms with E-state index >= 15 is 0 Å². The van der Waals surface area contributed by atoms with Gasteiger partial charge in [0.2, 0.25) is 5.91 Å². The molecule has 1 atom stereocenters. The fraction of sp³-hybridized carbons (Fsp3) is 0.923. The molecule has 1 rings (SSSR count). The second-order valence-corrected chi connectivity index (χ2v) is 6.34. The van der Waals surface area contributed by atoms with Gasteiger partial charge in [-0.15, -0.1) is 0 Å². The second-order valence-electron chi connectivity index (χ2n) is 6.34. The van der Waals surface area contributed by atoms with Crippen LogP contribution in [0.5, 0.6) is 0 Å². The summed E-state index contributed by atoms with van der Waals surface area (Å²) in [5, 5.41) is 6.24. The van der Waals surface area contributed by atoms with Gasteiger partial charge in [0.05, 0.1) is 5.41 Å². The van der Waals surface area contributed by atoms with E-state index in [4.69, 9.17) is 0 Å². The maximum atomic E-state index is 11.8. The van der Waals surface area contributed by atoms with E-state index in [1.165, 1.54) is 0 Å². The van der Waals surface area contributed by atoms with Gasteiger partial charge in [0.15, 0.2) is 0 Å². The molecule has 0 radical (unpaired) electrons. The number of hydrogen-bond donors (Lipinski definition) is 2. The molecule has 1 aliphatic heterocycles. The second kappa shape index (κ2) is 5.36. The van der Waals surface area contributed by atoms with Crippen LogP contribution in [0.2, 0.25) is 0 Å². The molecular formula is C13H27N3O. The Bertz CT molecular complexity index is 272. The van der Waals surface area contributed by atoms with E-state index in [9.17, 15) is 4.79 Å². The van der Waals surface area contributed by atoms with Crippen LogP contribution in [0.15, 0.2) is 0 Å². The van der Waals surface area contributed by atoms with Gasteiger partial charge in [-0.05, 0) is 40.7 Å². The molecule has 0 spiro atoms. The highest BCUT2D eigenvalue weighted by Gasteiger charge is 2.39. The van der Waals surface area contributed by atoms with Gasteiger partial charge in [-0.2, -0.15) is 0 Å². The molecule has 4 nitrogen and oxygen atoms in total. The predicted molar refractivity (Wildman–Crippen MR) is 71.0 cm³/mol. The lowest BCUT2D eigenvalue weighted by atomic mass is 9.89. The van der Waals surface area contributed by atoms with Crippen molar-refractivity contribution < 1.29 is 4.79 Å². The lowest BCUT2D eigenvalue weighted by Gasteiger charge is -2.25. The SMILES string of the molecule is CNC(=O)C1(C)CCN(CCNC(C)(C)C)C1. The Hall–Kier alpha value is -0.610. The summed E-state index contributed by atoms with van der Waals surface area (Å²) in [6.45, 7) is 12.5. The molecule has 2 N–H and O–H groups in total. The number of nitrogens with one attached hydrogen (secondary N) is 2. The van der Waals surface area contributed by atoms with Crippen molar-refractivity contribution in [3.05, 3.63) is 0 Å². The van der Waals surface area contributed by atoms with Crippen molar-refractivity contribution in [3.8, 4) is 0 Å². The van der Waals surface area contributed by atoms with Crippen molar-refractivity contribution in [1.82, 2.24) is 15.5 Å². The Morgan fingerprint density at radius 1 is 1.41 bits per heavy atom. The van der Waals surface area contributed by atoms with Gasteiger partial charge in [0, 0.05) is 32.2 Å². The van der Waals surface area contributed by atoms with Crippen LogP contribution in [0.1, 0.15) is 34.1 Å². The predicted octanol–water partition coefficient (Wildman–Crippen LogP) is 0.833. The summed E-state index contributed by atoms with van der Waals surface area (Å²) in [6, 6.07) is 0. The van der Waals surface area contributed by atoms with Gasteiger partial charge < -0.3 is 15.5 Å². The Balaban J connectivity index is 2.33. The third-order valence-corrected chi connectivity index (χ3v) is 3.41. The smallest absolute Gasteiger partial charge is 0.227 e. The van der Waals surface area contributed by atoms with Crippen LogP contribution < -0.4 is 10.6 Å². The summed E-state index contributed by atoms with van der Waals surface area (Å²) in [5.74, 6) is 0.170. The number of nitrogens with zero attached hydrogens (tertiary/aromatic N) is 1. The molecule has 1 heterocycles. The maximum absolute atomic E-state index is 11.8. The van der Waals surface area contributed by atoms with Gasteiger partial charge in [0.25, 0.3) is 0 Å². The molecule has 0 aromatic rings. The van der Waals surface area contributed by atoms with Gasteiger partial charge >= 0.3 is 0 Å². The first-order valence-electron chi connectivity index (χ1n) is 6.46. The molecule has 1 saturated heterocycles. The number of rotatable bonds is 4. The molecule has 0 aromatic carbocycles. The van der Waals surface area contributed by atoms with E-state index in [0.717, 1.165) is 32.6 Å². The standard InChI is InChI=1S/C13H27N3O/c1-12(2,3)15-7-9-16-8-6-13(4,10-16)11(17)14-5/h15H,6-10H2,1-5H3,(H,14,17).